The number of alkyl halides is 4. The number of nitrogens with zero attached hydrogens (tertiary/aromatic N) is 1. The van der Waals surface area contributed by atoms with Crippen molar-refractivity contribution in [3.8, 4) is 0 Å². The lowest BCUT2D eigenvalue weighted by molar-refractivity contribution is -0.126. The van der Waals surface area contributed by atoms with E-state index in [-0.39, 0.29) is 12.1 Å². The van der Waals surface area contributed by atoms with Gasteiger partial charge in [-0.1, -0.05) is 17.3 Å². The first-order valence-electron chi connectivity index (χ1n) is 9.62. The Morgan fingerprint density at radius 1 is 1.23 bits per heavy atom. The minimum absolute atomic E-state index is 0.102. The van der Waals surface area contributed by atoms with Gasteiger partial charge in [0.15, 0.2) is 6.10 Å². The Balaban J connectivity index is 1.65. The van der Waals surface area contributed by atoms with Crippen LogP contribution in [0.25, 0.3) is 10.1 Å². The molecule has 6 nitrogen and oxygen atoms in total. The largest absolute Gasteiger partial charge is 0.393 e. The Labute approximate surface area is 174 Å². The van der Waals surface area contributed by atoms with Gasteiger partial charge in [-0.2, -0.15) is 13.2 Å². The van der Waals surface area contributed by atoms with Crippen LogP contribution in [-0.4, -0.2) is 68.1 Å². The van der Waals surface area contributed by atoms with Crippen LogP contribution in [0, 0.1) is 0 Å². The molecule has 2 unspecified atom stereocenters. The van der Waals surface area contributed by atoms with Crippen molar-refractivity contribution in [3.63, 3.8) is 0 Å². The molecule has 1 aromatic carbocycles. The van der Waals surface area contributed by atoms with Crippen LogP contribution in [0.2, 0.25) is 0 Å². The molecule has 11 heteroatoms. The van der Waals surface area contributed by atoms with Gasteiger partial charge >= 0.3 is 6.18 Å². The fraction of sp³-hybridized carbons (Fsp3) is 0.526. The molecule has 2 aromatic rings. The first-order valence-corrected chi connectivity index (χ1v) is 10.4. The summed E-state index contributed by atoms with van der Waals surface area (Å²) in [6, 6.07) is 4.57. The summed E-state index contributed by atoms with van der Waals surface area (Å²) >= 11 is 1.15. The monoisotopic (exact) mass is 446 g/mol. The number of aliphatic hydroxyl groups excluding tert-OH is 1. The normalized spacial score (nSPS) is 27.4. The molecule has 3 heterocycles. The third kappa shape index (κ3) is 4.69. The average molecular weight is 446 g/mol. The molecule has 4 N–H and O–H groups in total. The Hall–Kier alpha value is -1.95. The number of oxime groups is 1. The Bertz CT molecular complexity index is 920. The predicted molar refractivity (Wildman–Crippen MR) is 108 cm³/mol. The average Bonchev–Trinajstić information content (AvgIpc) is 3.36. The quantitative estimate of drug-likeness (QED) is 0.312. The Kier molecular flexibility index (Phi) is 6.14. The number of benzene rings is 1. The van der Waals surface area contributed by atoms with Crippen molar-refractivity contribution >= 4 is 33.3 Å². The van der Waals surface area contributed by atoms with Gasteiger partial charge in [-0.3, -0.25) is 0 Å². The zero-order valence-electron chi connectivity index (χ0n) is 15.9. The first-order chi connectivity index (χ1) is 14.3. The summed E-state index contributed by atoms with van der Waals surface area (Å²) in [5.41, 5.74) is 0.693. The maximum Gasteiger partial charge on any atom is 0.393 e. The number of fused-ring (bicyclic) bond motifs is 1. The standard InChI is InChI=1S/C19H22F4N4O2S/c20-12-5-24-6-14(12)27-13-3-1-2-10-11(4-19(21,22)23)17(30-18(10)13)9-26-29-16-8-25-7-15(16)28/h1-3,9,12,14-16,24-25,27-28H,4-8H2/b26-9+/t12-,14+,15?,16?/m0/s1. The van der Waals surface area contributed by atoms with Gasteiger partial charge in [-0.25, -0.2) is 4.39 Å². The fourth-order valence-electron chi connectivity index (χ4n) is 3.68. The molecule has 0 bridgehead atoms. The molecule has 4 atom stereocenters. The van der Waals surface area contributed by atoms with Gasteiger partial charge in [0.2, 0.25) is 0 Å². The molecule has 2 aliphatic rings. The maximum atomic E-state index is 14.0. The van der Waals surface area contributed by atoms with E-state index in [1.807, 2.05) is 0 Å². The second-order valence-corrected chi connectivity index (χ2v) is 8.50. The van der Waals surface area contributed by atoms with E-state index in [0.29, 0.717) is 40.3 Å². The summed E-state index contributed by atoms with van der Waals surface area (Å²) in [5, 5.41) is 23.0. The van der Waals surface area contributed by atoms with Crippen LogP contribution >= 0.6 is 11.3 Å². The summed E-state index contributed by atoms with van der Waals surface area (Å²) < 4.78 is 54.3. The number of anilines is 1. The SMILES string of the molecule is OC1CNCC1O/N=C/c1sc2c(N[C@@H]3CNC[C@@H]3F)cccc2c1CC(F)(F)F. The predicted octanol–water partition coefficient (Wildman–Crippen LogP) is 2.41. The summed E-state index contributed by atoms with van der Waals surface area (Å²) in [7, 11) is 0. The molecule has 0 amide bonds. The number of aliphatic hydroxyl groups is 1. The Morgan fingerprint density at radius 3 is 2.70 bits per heavy atom. The van der Waals surface area contributed by atoms with Crippen molar-refractivity contribution < 1.29 is 27.5 Å². The van der Waals surface area contributed by atoms with Crippen molar-refractivity contribution in [2.45, 2.75) is 37.0 Å². The van der Waals surface area contributed by atoms with Crippen LogP contribution in [-0.2, 0) is 11.3 Å². The third-order valence-corrected chi connectivity index (χ3v) is 6.42. The maximum absolute atomic E-state index is 14.0. The van der Waals surface area contributed by atoms with Crippen LogP contribution < -0.4 is 16.0 Å². The number of thiophene rings is 1. The topological polar surface area (TPSA) is 77.9 Å². The molecule has 0 saturated carbocycles. The second-order valence-electron chi connectivity index (χ2n) is 7.45. The third-order valence-electron chi connectivity index (χ3n) is 5.20. The van der Waals surface area contributed by atoms with Gasteiger partial charge in [-0.05, 0) is 17.0 Å². The number of β-amino-alcohol motifs (C(OH)–C–C–N with tert-alkyl or cyclic N) is 1. The van der Waals surface area contributed by atoms with E-state index in [1.54, 1.807) is 18.2 Å². The summed E-state index contributed by atoms with van der Waals surface area (Å²) in [4.78, 5) is 5.58. The fourth-order valence-corrected chi connectivity index (χ4v) is 4.84. The van der Waals surface area contributed by atoms with Crippen molar-refractivity contribution in [1.82, 2.24) is 10.6 Å². The molecule has 4 rings (SSSR count). The highest BCUT2D eigenvalue weighted by Gasteiger charge is 2.32. The van der Waals surface area contributed by atoms with Crippen molar-refractivity contribution in [3.05, 3.63) is 28.6 Å². The van der Waals surface area contributed by atoms with Crippen LogP contribution in [0.3, 0.4) is 0 Å². The highest BCUT2D eigenvalue weighted by molar-refractivity contribution is 7.21. The van der Waals surface area contributed by atoms with Gasteiger partial charge in [0.1, 0.15) is 12.3 Å². The van der Waals surface area contributed by atoms with Gasteiger partial charge in [0.25, 0.3) is 0 Å². The first kappa shape index (κ1) is 21.3. The number of rotatable bonds is 6. The minimum Gasteiger partial charge on any atom is -0.388 e. The summed E-state index contributed by atoms with van der Waals surface area (Å²) in [6.07, 6.45) is -6.58. The molecule has 2 saturated heterocycles. The minimum atomic E-state index is -4.40. The molecule has 0 spiro atoms. The van der Waals surface area contributed by atoms with Crippen molar-refractivity contribution in [2.24, 2.45) is 5.16 Å². The summed E-state index contributed by atoms with van der Waals surface area (Å²) in [5.74, 6) is 0. The molecule has 0 radical (unpaired) electrons. The van der Waals surface area contributed by atoms with E-state index >= 15 is 0 Å². The lowest BCUT2D eigenvalue weighted by Crippen LogP contribution is -2.29. The van der Waals surface area contributed by atoms with E-state index in [2.05, 4.69) is 21.1 Å². The van der Waals surface area contributed by atoms with Crippen LogP contribution in [0.4, 0.5) is 23.2 Å². The molecular weight excluding hydrogens is 424 g/mol. The van der Waals surface area contributed by atoms with Crippen molar-refractivity contribution in [2.75, 3.05) is 31.5 Å². The van der Waals surface area contributed by atoms with Gasteiger partial charge in [0, 0.05) is 26.2 Å². The zero-order chi connectivity index (χ0) is 21.3. The second kappa shape index (κ2) is 8.66. The van der Waals surface area contributed by atoms with Crippen molar-refractivity contribution in [1.29, 1.82) is 0 Å². The van der Waals surface area contributed by atoms with E-state index in [0.717, 1.165) is 11.3 Å². The lowest BCUT2D eigenvalue weighted by atomic mass is 10.1. The van der Waals surface area contributed by atoms with E-state index < -0.39 is 37.0 Å². The lowest BCUT2D eigenvalue weighted by Gasteiger charge is -2.16. The van der Waals surface area contributed by atoms with Gasteiger partial charge in [0.05, 0.1) is 33.9 Å². The molecule has 2 aliphatic heterocycles. The van der Waals surface area contributed by atoms with E-state index in [4.69, 9.17) is 4.84 Å². The highest BCUT2D eigenvalue weighted by Crippen LogP contribution is 2.39. The number of halogens is 4. The van der Waals surface area contributed by atoms with Gasteiger partial charge in [-0.15, -0.1) is 11.3 Å². The zero-order valence-corrected chi connectivity index (χ0v) is 16.7. The number of hydrogen-bond donors (Lipinski definition) is 4. The van der Waals surface area contributed by atoms with Crippen LogP contribution in [0.15, 0.2) is 23.4 Å². The highest BCUT2D eigenvalue weighted by atomic mass is 32.1. The van der Waals surface area contributed by atoms with E-state index in [1.165, 1.54) is 6.21 Å². The molecule has 2 fully saturated rings. The van der Waals surface area contributed by atoms with Gasteiger partial charge < -0.3 is 25.9 Å². The number of hydrogen-bond acceptors (Lipinski definition) is 7. The van der Waals surface area contributed by atoms with Crippen LogP contribution in [0.1, 0.15) is 10.4 Å². The molecule has 1 aromatic heterocycles. The Morgan fingerprint density at radius 2 is 2.03 bits per heavy atom. The molecule has 0 aliphatic carbocycles. The van der Waals surface area contributed by atoms with E-state index in [9.17, 15) is 22.7 Å². The molecular formula is C19H22F4N4O2S. The summed E-state index contributed by atoms with van der Waals surface area (Å²) in [6.45, 7) is 1.48. The smallest absolute Gasteiger partial charge is 0.388 e. The van der Waals surface area contributed by atoms with Crippen LogP contribution in [0.5, 0.6) is 0 Å². The number of nitrogens with one attached hydrogen (secondary N) is 3. The molecule has 164 valence electrons. The molecule has 30 heavy (non-hydrogen) atoms.